The molecule has 0 radical (unpaired) electrons. The molecule has 0 bridgehead atoms. The molecule has 0 aliphatic rings. The SMILES string of the molecule is Cc1cc(NCCc2ccn(C)c(=O)c2)nc(-c2cc(F)c(Cl)cc2F)n1.Cl. The average molecular weight is 427 g/mol. The maximum Gasteiger partial charge on any atom is 0.250 e. The summed E-state index contributed by atoms with van der Waals surface area (Å²) in [6.45, 7) is 2.25. The van der Waals surface area contributed by atoms with Crippen molar-refractivity contribution in [2.24, 2.45) is 7.05 Å². The maximum atomic E-state index is 14.1. The highest BCUT2D eigenvalue weighted by Crippen LogP contribution is 2.26. The third kappa shape index (κ3) is 5.05. The number of pyridine rings is 1. The van der Waals surface area contributed by atoms with Crippen LogP contribution >= 0.6 is 24.0 Å². The van der Waals surface area contributed by atoms with Crippen molar-refractivity contribution in [3.05, 3.63) is 74.8 Å². The van der Waals surface area contributed by atoms with Gasteiger partial charge in [0.25, 0.3) is 5.56 Å². The quantitative estimate of drug-likeness (QED) is 0.622. The summed E-state index contributed by atoms with van der Waals surface area (Å²) in [6.07, 6.45) is 2.32. The Morgan fingerprint density at radius 2 is 1.89 bits per heavy atom. The Labute approximate surface area is 171 Å². The molecule has 28 heavy (non-hydrogen) atoms. The minimum Gasteiger partial charge on any atom is -0.370 e. The van der Waals surface area contributed by atoms with Gasteiger partial charge in [-0.15, -0.1) is 12.4 Å². The number of hydrogen-bond donors (Lipinski definition) is 1. The Morgan fingerprint density at radius 1 is 1.14 bits per heavy atom. The van der Waals surface area contributed by atoms with Crippen molar-refractivity contribution in [3.63, 3.8) is 0 Å². The molecule has 1 N–H and O–H groups in total. The Hall–Kier alpha value is -2.51. The van der Waals surface area contributed by atoms with Gasteiger partial charge in [0.2, 0.25) is 0 Å². The van der Waals surface area contributed by atoms with E-state index in [9.17, 15) is 13.6 Å². The lowest BCUT2D eigenvalue weighted by molar-refractivity contribution is 0.602. The first-order chi connectivity index (χ1) is 12.8. The summed E-state index contributed by atoms with van der Waals surface area (Å²) < 4.78 is 29.3. The highest BCUT2D eigenvalue weighted by molar-refractivity contribution is 6.30. The van der Waals surface area contributed by atoms with Gasteiger partial charge in [0.15, 0.2) is 5.82 Å². The third-order valence-electron chi connectivity index (χ3n) is 3.99. The number of halogens is 4. The van der Waals surface area contributed by atoms with Gasteiger partial charge < -0.3 is 9.88 Å². The zero-order valence-electron chi connectivity index (χ0n) is 15.2. The molecule has 0 atom stereocenters. The molecule has 0 spiro atoms. The molecular formula is C19H18Cl2F2N4O. The summed E-state index contributed by atoms with van der Waals surface area (Å²) in [6, 6.07) is 7.03. The van der Waals surface area contributed by atoms with Crippen LogP contribution in [0.15, 0.2) is 41.3 Å². The molecule has 0 saturated heterocycles. The second-order valence-corrected chi connectivity index (χ2v) is 6.53. The van der Waals surface area contributed by atoms with Gasteiger partial charge in [-0.25, -0.2) is 18.7 Å². The van der Waals surface area contributed by atoms with Crippen molar-refractivity contribution in [1.29, 1.82) is 0 Å². The van der Waals surface area contributed by atoms with E-state index in [1.165, 1.54) is 4.57 Å². The molecule has 5 nitrogen and oxygen atoms in total. The Balaban J connectivity index is 0.00000280. The largest absolute Gasteiger partial charge is 0.370 e. The smallest absolute Gasteiger partial charge is 0.250 e. The number of anilines is 1. The molecule has 1 aromatic carbocycles. The topological polar surface area (TPSA) is 59.8 Å². The van der Waals surface area contributed by atoms with Crippen molar-refractivity contribution in [3.8, 4) is 11.4 Å². The first-order valence-corrected chi connectivity index (χ1v) is 8.61. The van der Waals surface area contributed by atoms with Crippen LogP contribution in [-0.2, 0) is 13.5 Å². The van der Waals surface area contributed by atoms with Crippen LogP contribution in [0.3, 0.4) is 0 Å². The Bertz CT molecular complexity index is 1060. The van der Waals surface area contributed by atoms with Gasteiger partial charge in [0.05, 0.1) is 10.6 Å². The fraction of sp³-hybridized carbons (Fsp3) is 0.211. The number of benzene rings is 1. The van der Waals surface area contributed by atoms with E-state index >= 15 is 0 Å². The summed E-state index contributed by atoms with van der Waals surface area (Å²) in [5.74, 6) is -0.883. The molecule has 9 heteroatoms. The number of aromatic nitrogens is 3. The first-order valence-electron chi connectivity index (χ1n) is 8.23. The highest BCUT2D eigenvalue weighted by atomic mass is 35.5. The fourth-order valence-electron chi connectivity index (χ4n) is 2.55. The molecule has 0 aliphatic heterocycles. The average Bonchev–Trinajstić information content (AvgIpc) is 2.61. The molecule has 3 aromatic rings. The van der Waals surface area contributed by atoms with E-state index in [1.54, 1.807) is 32.3 Å². The van der Waals surface area contributed by atoms with E-state index in [0.717, 1.165) is 17.7 Å². The number of rotatable bonds is 5. The lowest BCUT2D eigenvalue weighted by Crippen LogP contribution is -2.16. The maximum absolute atomic E-state index is 14.1. The summed E-state index contributed by atoms with van der Waals surface area (Å²) in [4.78, 5) is 20.1. The second kappa shape index (κ2) is 9.12. The predicted octanol–water partition coefficient (Wildman–Crippen LogP) is 4.16. The summed E-state index contributed by atoms with van der Waals surface area (Å²) in [5, 5.41) is 2.83. The predicted molar refractivity (Wildman–Crippen MR) is 108 cm³/mol. The molecule has 0 unspecified atom stereocenters. The van der Waals surface area contributed by atoms with Crippen LogP contribution in [0, 0.1) is 18.6 Å². The normalized spacial score (nSPS) is 10.5. The lowest BCUT2D eigenvalue weighted by atomic mass is 10.2. The van der Waals surface area contributed by atoms with Crippen molar-refractivity contribution in [1.82, 2.24) is 14.5 Å². The van der Waals surface area contributed by atoms with Crippen molar-refractivity contribution >= 4 is 29.8 Å². The molecule has 3 rings (SSSR count). The number of aryl methyl sites for hydroxylation is 2. The van der Waals surface area contributed by atoms with Gasteiger partial charge in [-0.05, 0) is 37.1 Å². The molecule has 0 saturated carbocycles. The number of nitrogens with one attached hydrogen (secondary N) is 1. The number of hydrogen-bond acceptors (Lipinski definition) is 4. The minimum absolute atomic E-state index is 0. The van der Waals surface area contributed by atoms with E-state index in [-0.39, 0.29) is 34.4 Å². The molecule has 148 valence electrons. The van der Waals surface area contributed by atoms with Crippen molar-refractivity contribution < 1.29 is 8.78 Å². The number of nitrogens with zero attached hydrogens (tertiary/aromatic N) is 3. The molecular weight excluding hydrogens is 409 g/mol. The molecule has 2 aromatic heterocycles. The first kappa shape index (κ1) is 21.8. The molecule has 2 heterocycles. The zero-order chi connectivity index (χ0) is 19.6. The van der Waals surface area contributed by atoms with Gasteiger partial charge in [-0.1, -0.05) is 11.6 Å². The van der Waals surface area contributed by atoms with Crippen LogP contribution in [0.25, 0.3) is 11.4 Å². The van der Waals surface area contributed by atoms with Crippen molar-refractivity contribution in [2.45, 2.75) is 13.3 Å². The van der Waals surface area contributed by atoms with Crippen LogP contribution in [-0.4, -0.2) is 21.1 Å². The van der Waals surface area contributed by atoms with Crippen LogP contribution in [0.5, 0.6) is 0 Å². The molecule has 0 amide bonds. The monoisotopic (exact) mass is 426 g/mol. The van der Waals surface area contributed by atoms with Gasteiger partial charge >= 0.3 is 0 Å². The Kier molecular flexibility index (Phi) is 7.10. The van der Waals surface area contributed by atoms with E-state index in [0.29, 0.717) is 24.5 Å². The van der Waals surface area contributed by atoms with E-state index in [1.807, 2.05) is 6.07 Å². The molecule has 0 fully saturated rings. The summed E-state index contributed by atoms with van der Waals surface area (Å²) in [5.41, 5.74) is 1.36. The van der Waals surface area contributed by atoms with E-state index < -0.39 is 11.6 Å². The zero-order valence-corrected chi connectivity index (χ0v) is 16.7. The van der Waals surface area contributed by atoms with E-state index in [2.05, 4.69) is 15.3 Å². The fourth-order valence-corrected chi connectivity index (χ4v) is 2.70. The van der Waals surface area contributed by atoms with Gasteiger partial charge in [0, 0.05) is 37.6 Å². The third-order valence-corrected chi connectivity index (χ3v) is 4.28. The lowest BCUT2D eigenvalue weighted by Gasteiger charge is -2.10. The Morgan fingerprint density at radius 3 is 2.61 bits per heavy atom. The highest BCUT2D eigenvalue weighted by Gasteiger charge is 2.14. The van der Waals surface area contributed by atoms with Crippen LogP contribution in [0.1, 0.15) is 11.3 Å². The van der Waals surface area contributed by atoms with Crippen LogP contribution in [0.2, 0.25) is 5.02 Å². The van der Waals surface area contributed by atoms with Gasteiger partial charge in [-0.2, -0.15) is 0 Å². The molecule has 0 aliphatic carbocycles. The van der Waals surface area contributed by atoms with Crippen LogP contribution < -0.4 is 10.9 Å². The minimum atomic E-state index is -0.738. The second-order valence-electron chi connectivity index (χ2n) is 6.13. The van der Waals surface area contributed by atoms with Gasteiger partial charge in [-0.3, -0.25) is 4.79 Å². The summed E-state index contributed by atoms with van der Waals surface area (Å²) >= 11 is 5.59. The van der Waals surface area contributed by atoms with E-state index in [4.69, 9.17) is 11.6 Å². The van der Waals surface area contributed by atoms with Crippen LogP contribution in [0.4, 0.5) is 14.6 Å². The summed E-state index contributed by atoms with van der Waals surface area (Å²) in [7, 11) is 1.69. The standard InChI is InChI=1S/C19H17ClF2N4O.ClH/c1-11-7-17(23-5-3-12-4-6-26(2)18(27)8-12)25-19(24-11)13-9-16(22)14(20)10-15(13)21;/h4,6-10H,3,5H2,1-2H3,(H,23,24,25);1H. The van der Waals surface area contributed by atoms with Crippen molar-refractivity contribution in [2.75, 3.05) is 11.9 Å². The van der Waals surface area contributed by atoms with Gasteiger partial charge in [0.1, 0.15) is 17.5 Å².